The van der Waals surface area contributed by atoms with Crippen LogP contribution >= 0.6 is 11.5 Å². The highest BCUT2D eigenvalue weighted by Crippen LogP contribution is 2.24. The van der Waals surface area contributed by atoms with Gasteiger partial charge in [0.2, 0.25) is 0 Å². The van der Waals surface area contributed by atoms with Crippen LogP contribution in [0.5, 0.6) is 0 Å². The van der Waals surface area contributed by atoms with E-state index in [0.29, 0.717) is 0 Å². The summed E-state index contributed by atoms with van der Waals surface area (Å²) in [5, 5.41) is 1.35. The molecule has 1 aliphatic heterocycles. The average molecular weight is 168 g/mol. The predicted molar refractivity (Wildman–Crippen MR) is 48.3 cm³/mol. The standard InChI is InChI=1S/C8H12N2S/c1-7-6-8(11-9-7)10-4-2-3-5-10/h6H,2-5H2,1H3. The number of anilines is 1. The van der Waals surface area contributed by atoms with Crippen LogP contribution in [0.3, 0.4) is 0 Å². The van der Waals surface area contributed by atoms with Gasteiger partial charge < -0.3 is 4.90 Å². The van der Waals surface area contributed by atoms with Gasteiger partial charge in [-0.25, -0.2) is 0 Å². The van der Waals surface area contributed by atoms with Crippen molar-refractivity contribution in [1.29, 1.82) is 0 Å². The molecule has 0 radical (unpaired) electrons. The van der Waals surface area contributed by atoms with Crippen molar-refractivity contribution in [3.05, 3.63) is 11.8 Å². The van der Waals surface area contributed by atoms with Crippen molar-refractivity contribution >= 4 is 16.5 Å². The molecule has 1 fully saturated rings. The Kier molecular flexibility index (Phi) is 1.82. The maximum Gasteiger partial charge on any atom is 0.112 e. The molecule has 0 atom stereocenters. The molecule has 1 aromatic rings. The van der Waals surface area contributed by atoms with E-state index in [0.717, 1.165) is 5.69 Å². The molecule has 0 spiro atoms. The van der Waals surface area contributed by atoms with E-state index in [4.69, 9.17) is 0 Å². The lowest BCUT2D eigenvalue weighted by Crippen LogP contribution is -2.15. The molecule has 0 aliphatic carbocycles. The molecular weight excluding hydrogens is 156 g/mol. The van der Waals surface area contributed by atoms with Gasteiger partial charge in [0, 0.05) is 13.1 Å². The quantitative estimate of drug-likeness (QED) is 0.638. The van der Waals surface area contributed by atoms with Gasteiger partial charge in [0.05, 0.1) is 5.69 Å². The van der Waals surface area contributed by atoms with E-state index < -0.39 is 0 Å². The minimum Gasteiger partial charge on any atom is -0.362 e. The van der Waals surface area contributed by atoms with Crippen molar-refractivity contribution in [3.8, 4) is 0 Å². The summed E-state index contributed by atoms with van der Waals surface area (Å²) >= 11 is 1.62. The molecule has 3 heteroatoms. The molecule has 1 aliphatic rings. The lowest BCUT2D eigenvalue weighted by Gasteiger charge is -2.12. The molecule has 0 unspecified atom stereocenters. The normalized spacial score (nSPS) is 17.7. The Morgan fingerprint density at radius 2 is 2.18 bits per heavy atom. The number of hydrogen-bond donors (Lipinski definition) is 0. The van der Waals surface area contributed by atoms with Crippen molar-refractivity contribution in [1.82, 2.24) is 4.37 Å². The lowest BCUT2D eigenvalue weighted by molar-refractivity contribution is 0.949. The van der Waals surface area contributed by atoms with Crippen LogP contribution in [0, 0.1) is 6.92 Å². The summed E-state index contributed by atoms with van der Waals surface area (Å²) in [6.45, 7) is 4.50. The fourth-order valence-corrected chi connectivity index (χ4v) is 2.25. The van der Waals surface area contributed by atoms with E-state index in [2.05, 4.69) is 22.3 Å². The highest BCUT2D eigenvalue weighted by Gasteiger charge is 2.13. The van der Waals surface area contributed by atoms with E-state index in [9.17, 15) is 0 Å². The highest BCUT2D eigenvalue weighted by atomic mass is 32.1. The highest BCUT2D eigenvalue weighted by molar-refractivity contribution is 7.10. The first-order chi connectivity index (χ1) is 5.36. The zero-order valence-electron chi connectivity index (χ0n) is 6.71. The second-order valence-electron chi connectivity index (χ2n) is 3.00. The summed E-state index contributed by atoms with van der Waals surface area (Å²) < 4.78 is 4.26. The Morgan fingerprint density at radius 3 is 2.73 bits per heavy atom. The Hall–Kier alpha value is -0.570. The van der Waals surface area contributed by atoms with Crippen molar-refractivity contribution in [2.75, 3.05) is 18.0 Å². The van der Waals surface area contributed by atoms with Crippen LogP contribution in [0.4, 0.5) is 5.00 Å². The predicted octanol–water partition coefficient (Wildman–Crippen LogP) is 2.05. The average Bonchev–Trinajstić information content (AvgIpc) is 2.55. The Labute approximate surface area is 71.0 Å². The molecule has 0 saturated carbocycles. The van der Waals surface area contributed by atoms with Gasteiger partial charge in [-0.15, -0.1) is 0 Å². The summed E-state index contributed by atoms with van der Waals surface area (Å²) in [6.07, 6.45) is 2.69. The van der Waals surface area contributed by atoms with E-state index in [1.807, 2.05) is 0 Å². The second-order valence-corrected chi connectivity index (χ2v) is 3.78. The van der Waals surface area contributed by atoms with Gasteiger partial charge in [-0.2, -0.15) is 4.37 Å². The zero-order valence-corrected chi connectivity index (χ0v) is 7.52. The van der Waals surface area contributed by atoms with Gasteiger partial charge in [0.25, 0.3) is 0 Å². The van der Waals surface area contributed by atoms with Crippen molar-refractivity contribution in [2.45, 2.75) is 19.8 Å². The van der Waals surface area contributed by atoms with Crippen LogP contribution in [0.1, 0.15) is 18.5 Å². The monoisotopic (exact) mass is 168 g/mol. The molecule has 2 heterocycles. The van der Waals surface area contributed by atoms with Crippen molar-refractivity contribution < 1.29 is 0 Å². The molecule has 0 bridgehead atoms. The SMILES string of the molecule is Cc1cc(N2CCCC2)sn1. The fraction of sp³-hybridized carbons (Fsp3) is 0.625. The van der Waals surface area contributed by atoms with E-state index in [1.165, 1.54) is 30.9 Å². The Morgan fingerprint density at radius 1 is 1.45 bits per heavy atom. The van der Waals surface area contributed by atoms with Gasteiger partial charge in [-0.05, 0) is 37.4 Å². The molecule has 1 aromatic heterocycles. The second kappa shape index (κ2) is 2.81. The maximum atomic E-state index is 4.26. The van der Waals surface area contributed by atoms with Crippen molar-refractivity contribution in [3.63, 3.8) is 0 Å². The Bertz CT molecular complexity index is 238. The van der Waals surface area contributed by atoms with Crippen LogP contribution in [-0.2, 0) is 0 Å². The first-order valence-electron chi connectivity index (χ1n) is 4.04. The topological polar surface area (TPSA) is 16.1 Å². The third-order valence-electron chi connectivity index (χ3n) is 2.03. The van der Waals surface area contributed by atoms with Crippen LogP contribution in [-0.4, -0.2) is 17.5 Å². The van der Waals surface area contributed by atoms with Gasteiger partial charge in [0.1, 0.15) is 5.00 Å². The van der Waals surface area contributed by atoms with E-state index >= 15 is 0 Å². The maximum absolute atomic E-state index is 4.26. The molecule has 2 nitrogen and oxygen atoms in total. The summed E-state index contributed by atoms with van der Waals surface area (Å²) in [5.74, 6) is 0. The third kappa shape index (κ3) is 1.38. The molecule has 2 rings (SSSR count). The van der Waals surface area contributed by atoms with E-state index in [1.54, 1.807) is 11.5 Å². The zero-order chi connectivity index (χ0) is 7.68. The summed E-state index contributed by atoms with van der Waals surface area (Å²) in [7, 11) is 0. The molecule has 0 amide bonds. The number of hydrogen-bond acceptors (Lipinski definition) is 3. The van der Waals surface area contributed by atoms with Gasteiger partial charge >= 0.3 is 0 Å². The number of rotatable bonds is 1. The largest absolute Gasteiger partial charge is 0.362 e. The molecule has 11 heavy (non-hydrogen) atoms. The first kappa shape index (κ1) is 7.10. The molecule has 60 valence electrons. The minimum atomic E-state index is 1.15. The summed E-state index contributed by atoms with van der Waals surface area (Å²) in [6, 6.07) is 2.18. The molecule has 0 N–H and O–H groups in total. The number of nitrogens with zero attached hydrogens (tertiary/aromatic N) is 2. The summed E-state index contributed by atoms with van der Waals surface area (Å²) in [4.78, 5) is 2.42. The van der Waals surface area contributed by atoms with Crippen LogP contribution in [0.2, 0.25) is 0 Å². The van der Waals surface area contributed by atoms with Gasteiger partial charge in [0.15, 0.2) is 0 Å². The lowest BCUT2D eigenvalue weighted by atomic mass is 10.4. The Balaban J connectivity index is 2.15. The molecule has 0 aromatic carbocycles. The number of aromatic nitrogens is 1. The summed E-state index contributed by atoms with van der Waals surface area (Å²) in [5.41, 5.74) is 1.15. The number of aryl methyl sites for hydroxylation is 1. The van der Waals surface area contributed by atoms with Crippen LogP contribution in [0.15, 0.2) is 6.07 Å². The molecular formula is C8H12N2S. The first-order valence-corrected chi connectivity index (χ1v) is 4.82. The molecule has 1 saturated heterocycles. The van der Waals surface area contributed by atoms with E-state index in [-0.39, 0.29) is 0 Å². The fourth-order valence-electron chi connectivity index (χ4n) is 1.44. The minimum absolute atomic E-state index is 1.15. The third-order valence-corrected chi connectivity index (χ3v) is 2.98. The van der Waals surface area contributed by atoms with Gasteiger partial charge in [-0.3, -0.25) is 0 Å². The van der Waals surface area contributed by atoms with Gasteiger partial charge in [-0.1, -0.05) is 0 Å². The van der Waals surface area contributed by atoms with Crippen LogP contribution in [0.25, 0.3) is 0 Å². The van der Waals surface area contributed by atoms with Crippen molar-refractivity contribution in [2.24, 2.45) is 0 Å². The van der Waals surface area contributed by atoms with Crippen LogP contribution < -0.4 is 4.90 Å². The smallest absolute Gasteiger partial charge is 0.112 e.